The Bertz CT molecular complexity index is 5460. The zero-order valence-corrected chi connectivity index (χ0v) is 81.8. The van der Waals surface area contributed by atoms with Crippen LogP contribution in [0.5, 0.6) is 0 Å². The van der Waals surface area contributed by atoms with Crippen LogP contribution in [0.1, 0.15) is 24.5 Å². The zero-order valence-electron chi connectivity index (χ0n) is 71.5. The Morgan fingerprint density at radius 3 is 0.545 bits per heavy atom. The van der Waals surface area contributed by atoms with Crippen LogP contribution in [0.3, 0.4) is 0 Å². The number of alkyl halides is 1. The minimum absolute atomic E-state index is 0. The largest absolute Gasteiger partial charge is 0.255 e. The maximum atomic E-state index is 7.75. The molecule has 0 saturated heterocycles. The van der Waals surface area contributed by atoms with Crippen molar-refractivity contribution in [3.63, 3.8) is 0 Å². The van der Waals surface area contributed by atoms with Crippen LogP contribution >= 0.6 is 70.6 Å². The van der Waals surface area contributed by atoms with Crippen molar-refractivity contribution in [1.29, 1.82) is 0 Å². The zero-order chi connectivity index (χ0) is 91.8. The van der Waals surface area contributed by atoms with E-state index in [0.29, 0.717) is 5.88 Å². The van der Waals surface area contributed by atoms with Gasteiger partial charge in [-0.05, 0) is 181 Å². The SMILES string of the molecule is C.ClCc1cccc(-c2ccccn2)n1.[C-]#[O+].[CH-]=O.[Cl][RuH].[Cl][Ru].c1ccc(P(Cc2cccc(-c3ccccn3)n2)c2ccccc2)cc1.c1ccc(P(Cc2cccc(-c3ccccn3)n2)c2ccccc2)cc1.c1ccc(P(c2ccccc2)c2ccccc2)cc1.c1ccc(P(c2ccccc2)c2ccccc2)cc1.c1ccc(P(c2ccccc2)c2ccccc2)cc1. The van der Waals surface area contributed by atoms with Gasteiger partial charge in [0.05, 0.1) is 45.7 Å². The molecule has 0 aliphatic heterocycles. The van der Waals surface area contributed by atoms with Gasteiger partial charge in [-0.25, -0.2) is 4.98 Å². The molecule has 18 heteroatoms. The van der Waals surface area contributed by atoms with Crippen molar-refractivity contribution >= 4 is 146 Å². The van der Waals surface area contributed by atoms with E-state index in [-0.39, 0.29) is 7.43 Å². The molecule has 0 bridgehead atoms. The van der Waals surface area contributed by atoms with Crippen LogP contribution < -0.4 is 69.0 Å². The molecule has 659 valence electrons. The molecule has 0 atom stereocenters. The van der Waals surface area contributed by atoms with Crippen molar-refractivity contribution in [1.82, 2.24) is 29.9 Å². The second-order valence-electron chi connectivity index (χ2n) is 27.9. The molecule has 0 spiro atoms. The molecule has 19 aromatic rings. The van der Waals surface area contributed by atoms with Gasteiger partial charge in [-0.15, -0.1) is 11.6 Å². The summed E-state index contributed by atoms with van der Waals surface area (Å²) < 4.78 is 7.50. The summed E-state index contributed by atoms with van der Waals surface area (Å²) in [6.07, 6.45) is 7.22. The molecule has 6 heterocycles. The number of nitrogens with zero attached hydrogens (tertiary/aromatic N) is 6. The van der Waals surface area contributed by atoms with Crippen molar-refractivity contribution in [2.24, 2.45) is 0 Å². The van der Waals surface area contributed by atoms with E-state index in [1.165, 1.54) is 69.0 Å². The monoisotopic (exact) mass is 2050 g/mol. The maximum Gasteiger partial charge on any atom is 0.0889 e. The van der Waals surface area contributed by atoms with Crippen LogP contribution in [0.4, 0.5) is 0 Å². The normalized spacial score (nSPS) is 10.0. The van der Waals surface area contributed by atoms with Crippen molar-refractivity contribution < 1.29 is 44.1 Å². The predicted octanol–water partition coefficient (Wildman–Crippen LogP) is 24.2. The first-order chi connectivity index (χ1) is 65.0. The topological polar surface area (TPSA) is 114 Å². The Morgan fingerprint density at radius 1 is 0.227 bits per heavy atom. The van der Waals surface area contributed by atoms with E-state index in [4.69, 9.17) is 31.0 Å². The third-order valence-corrected chi connectivity index (χ3v) is 32.0. The molecule has 8 nitrogen and oxygen atoms in total. The molecule has 13 aromatic carbocycles. The Hall–Kier alpha value is -11.6. The molecular formula is C114H98Cl3N6O2P5Ru2-. The van der Waals surface area contributed by atoms with Gasteiger partial charge < -0.3 is 4.79 Å². The van der Waals surface area contributed by atoms with E-state index in [0.717, 1.165) is 63.6 Å². The summed E-state index contributed by atoms with van der Waals surface area (Å²) in [5.41, 5.74) is 8.51. The number of halogens is 3. The summed E-state index contributed by atoms with van der Waals surface area (Å²) in [7, 11) is 6.86. The van der Waals surface area contributed by atoms with E-state index in [1.54, 1.807) is 23.5 Å². The van der Waals surface area contributed by atoms with Crippen LogP contribution in [-0.2, 0) is 62.3 Å². The average molecular weight is 2050 g/mol. The van der Waals surface area contributed by atoms with Crippen LogP contribution in [0.25, 0.3) is 34.2 Å². The number of rotatable bonds is 21. The van der Waals surface area contributed by atoms with Crippen LogP contribution in [0, 0.1) is 6.65 Å². The molecular weight excluding hydrogens is 1950 g/mol. The van der Waals surface area contributed by atoms with E-state index in [2.05, 4.69) is 471 Å². The van der Waals surface area contributed by atoms with Crippen LogP contribution in [0.2, 0.25) is 0 Å². The van der Waals surface area contributed by atoms with Gasteiger partial charge in [0.2, 0.25) is 0 Å². The minimum Gasteiger partial charge on any atom is -0.255 e. The summed E-state index contributed by atoms with van der Waals surface area (Å²) in [5, 5.41) is 18.1. The third kappa shape index (κ3) is 33.6. The summed E-state index contributed by atoms with van der Waals surface area (Å²) in [6, 6.07) is 176. The first kappa shape index (κ1) is 104. The number of pyridine rings is 6. The first-order valence-corrected chi connectivity index (χ1v) is 53.8. The molecule has 0 fully saturated rings. The fourth-order valence-electron chi connectivity index (χ4n) is 13.6. The summed E-state index contributed by atoms with van der Waals surface area (Å²) in [4.78, 5) is 35.0. The standard InChI is InChI=1S/2C23H19N2P.3C18H15P.C11H9ClN2.CHO.CO.CH4.2ClH.2Ru.H/c2*1-3-11-20(12-4-1)26(21-13-5-2-6-14-21)18-19-10-9-16-23(25-19)22-15-7-8-17-24-22;3*1-4-10-16(11-5-1)19(17-12-6-2-7-13-17)18-14-8-3-9-15-18;12-8-9-4-3-6-11(14-9)10-5-1-2-7-13-10;2*1-2;;;;;;/h2*1-17H,18H2;3*1-15H;1-7H,8H2;1H;;1H4;2*1H;;;/q;;;;;;-1;;;;;2*+1;/p-2. The van der Waals surface area contributed by atoms with Crippen LogP contribution in [0.15, 0.2) is 522 Å². The van der Waals surface area contributed by atoms with E-state index in [1.807, 2.05) is 115 Å². The molecule has 0 N–H and O–H groups in total. The van der Waals surface area contributed by atoms with Crippen molar-refractivity contribution in [2.75, 3.05) is 0 Å². The molecule has 19 rings (SSSR count). The van der Waals surface area contributed by atoms with Gasteiger partial charge in [0.1, 0.15) is 0 Å². The fraction of sp³-hybridized carbons (Fsp3) is 0.0351. The molecule has 0 aliphatic carbocycles. The fourth-order valence-corrected chi connectivity index (χ4v) is 25.1. The van der Waals surface area contributed by atoms with Gasteiger partial charge in [-0.3, -0.25) is 31.7 Å². The predicted molar refractivity (Wildman–Crippen MR) is 563 cm³/mol. The summed E-state index contributed by atoms with van der Waals surface area (Å²) in [5.74, 6) is 0.431. The smallest absolute Gasteiger partial charge is 0.0889 e. The molecule has 0 saturated carbocycles. The molecule has 0 unspecified atom stereocenters. The Morgan fingerprint density at radius 2 is 0.379 bits per heavy atom. The van der Waals surface area contributed by atoms with Crippen LogP contribution in [-0.4, -0.2) is 36.7 Å². The summed E-state index contributed by atoms with van der Waals surface area (Å²) >= 11 is 9.15. The maximum absolute atomic E-state index is 7.75. The number of benzene rings is 13. The minimum atomic E-state index is -0.491. The van der Waals surface area contributed by atoms with Gasteiger partial charge in [-0.1, -0.05) is 438 Å². The second kappa shape index (κ2) is 62.0. The molecule has 132 heavy (non-hydrogen) atoms. The first-order valence-electron chi connectivity index (χ1n) is 41.6. The number of carbonyl (C=O) groups excluding carboxylic acids is 1. The molecule has 0 amide bonds. The van der Waals surface area contributed by atoms with E-state index >= 15 is 0 Å². The van der Waals surface area contributed by atoms with Gasteiger partial charge in [0.15, 0.2) is 0 Å². The van der Waals surface area contributed by atoms with Gasteiger partial charge in [0, 0.05) is 42.3 Å². The second-order valence-corrected chi connectivity index (χ2v) is 39.2. The average Bonchev–Trinajstić information content (AvgIpc) is 0.826. The molecule has 0 aliphatic rings. The quantitative estimate of drug-likeness (QED) is 0.0176. The van der Waals surface area contributed by atoms with E-state index < -0.39 is 39.6 Å². The van der Waals surface area contributed by atoms with Crippen molar-refractivity contribution in [3.05, 3.63) is 546 Å². The van der Waals surface area contributed by atoms with Gasteiger partial charge >= 0.3 is 65.3 Å². The number of aromatic nitrogens is 6. The van der Waals surface area contributed by atoms with E-state index in [9.17, 15) is 0 Å². The Labute approximate surface area is 818 Å². The summed E-state index contributed by atoms with van der Waals surface area (Å²) in [6.45, 7) is 7.75. The molecule has 0 radical (unpaired) electrons. The number of hydrogen-bond donors (Lipinski definition) is 0. The Kier molecular flexibility index (Phi) is 48.9. The van der Waals surface area contributed by atoms with Gasteiger partial charge in [-0.2, -0.15) is 0 Å². The van der Waals surface area contributed by atoms with Crippen molar-refractivity contribution in [3.8, 4) is 34.2 Å². The van der Waals surface area contributed by atoms with Gasteiger partial charge in [0.25, 0.3) is 0 Å². The Balaban J connectivity index is 0.000000177. The number of hydrogen-bond acceptors (Lipinski definition) is 7. The third-order valence-electron chi connectivity index (χ3n) is 19.4. The van der Waals surface area contributed by atoms with Crippen molar-refractivity contribution in [2.45, 2.75) is 25.6 Å². The molecule has 6 aromatic heterocycles.